The predicted octanol–water partition coefficient (Wildman–Crippen LogP) is 1.50. The number of hydrogen-bond acceptors (Lipinski definition) is 9. The van der Waals surface area contributed by atoms with Crippen LogP contribution in [0.25, 0.3) is 0 Å². The highest BCUT2D eigenvalue weighted by Gasteiger charge is 2.27. The van der Waals surface area contributed by atoms with Crippen LogP contribution < -0.4 is 20.4 Å². The molecular formula is C27H36N8O2. The number of amides is 1. The maximum absolute atomic E-state index is 12.3. The number of aromatic nitrogens is 4. The van der Waals surface area contributed by atoms with E-state index in [0.29, 0.717) is 19.6 Å². The Morgan fingerprint density at radius 3 is 2.54 bits per heavy atom. The van der Waals surface area contributed by atoms with E-state index in [0.717, 1.165) is 43.4 Å². The van der Waals surface area contributed by atoms with Crippen molar-refractivity contribution in [2.45, 2.75) is 33.2 Å². The fourth-order valence-electron chi connectivity index (χ4n) is 4.54. The molecule has 1 aliphatic rings. The molecule has 1 saturated heterocycles. The summed E-state index contributed by atoms with van der Waals surface area (Å²) in [5, 5.41) is 23.8. The second-order valence-corrected chi connectivity index (χ2v) is 9.36. The van der Waals surface area contributed by atoms with E-state index in [1.807, 2.05) is 18.2 Å². The van der Waals surface area contributed by atoms with Crippen molar-refractivity contribution in [2.24, 2.45) is 0 Å². The fraction of sp³-hybridized carbons (Fsp3) is 0.444. The molecule has 3 N–H and O–H groups in total. The van der Waals surface area contributed by atoms with Crippen LogP contribution in [0.15, 0.2) is 42.7 Å². The molecule has 0 saturated carbocycles. The highest BCUT2D eigenvalue weighted by molar-refractivity contribution is 5.92. The molecule has 2 aromatic heterocycles. The summed E-state index contributed by atoms with van der Waals surface area (Å²) in [6.07, 6.45) is 3.96. The average Bonchev–Trinajstić information content (AvgIpc) is 2.92. The minimum atomic E-state index is -0.261. The van der Waals surface area contributed by atoms with Gasteiger partial charge in [-0.25, -0.2) is 9.97 Å². The van der Waals surface area contributed by atoms with Gasteiger partial charge in [0.05, 0.1) is 24.7 Å². The number of aliphatic hydroxyl groups is 1. The predicted molar refractivity (Wildman–Crippen MR) is 144 cm³/mol. The monoisotopic (exact) mass is 504 g/mol. The Morgan fingerprint density at radius 2 is 1.84 bits per heavy atom. The lowest BCUT2D eigenvalue weighted by molar-refractivity contribution is 0.0948. The van der Waals surface area contributed by atoms with E-state index in [9.17, 15) is 4.79 Å². The quantitative estimate of drug-likeness (QED) is 0.353. The molecule has 3 aromatic rings. The number of nitrogens with one attached hydrogen (secondary N) is 2. The Hall–Kier alpha value is -3.63. The zero-order valence-electron chi connectivity index (χ0n) is 21.8. The molecule has 0 bridgehead atoms. The summed E-state index contributed by atoms with van der Waals surface area (Å²) >= 11 is 0. The van der Waals surface area contributed by atoms with E-state index in [-0.39, 0.29) is 24.2 Å². The van der Waals surface area contributed by atoms with Crippen molar-refractivity contribution in [2.75, 3.05) is 55.7 Å². The number of carbonyl (C=O) groups is 1. The second kappa shape index (κ2) is 12.6. The van der Waals surface area contributed by atoms with Crippen molar-refractivity contribution in [3.8, 4) is 0 Å². The first kappa shape index (κ1) is 26.4. The highest BCUT2D eigenvalue weighted by Crippen LogP contribution is 2.26. The zero-order chi connectivity index (χ0) is 26.2. The molecule has 10 nitrogen and oxygen atoms in total. The first-order valence-electron chi connectivity index (χ1n) is 12.8. The molecule has 1 atom stereocenters. The van der Waals surface area contributed by atoms with Crippen molar-refractivity contribution in [1.29, 1.82) is 0 Å². The van der Waals surface area contributed by atoms with Crippen LogP contribution in [0.2, 0.25) is 0 Å². The number of nitrogens with zero attached hydrogens (tertiary/aromatic N) is 6. The normalized spacial score (nSPS) is 15.6. The SMILES string of the molecule is Cc1c(Cc2ccccc2)nnc(N2CCN(c3cnc(C(=O)NCCNCCO)cn3)[C@H](C)C2)c1C. The van der Waals surface area contributed by atoms with Gasteiger partial charge in [-0.3, -0.25) is 4.79 Å². The number of rotatable bonds is 10. The van der Waals surface area contributed by atoms with Crippen molar-refractivity contribution < 1.29 is 9.90 Å². The van der Waals surface area contributed by atoms with Crippen LogP contribution in [0.5, 0.6) is 0 Å². The molecule has 1 aliphatic heterocycles. The first-order valence-corrected chi connectivity index (χ1v) is 12.8. The number of anilines is 2. The Bertz CT molecular complexity index is 1170. The summed E-state index contributed by atoms with van der Waals surface area (Å²) in [5.41, 5.74) is 4.89. The van der Waals surface area contributed by atoms with E-state index in [4.69, 9.17) is 5.11 Å². The lowest BCUT2D eigenvalue weighted by atomic mass is 10.0. The molecule has 0 unspecified atom stereocenters. The molecule has 1 fully saturated rings. The first-order chi connectivity index (χ1) is 18.0. The number of carbonyl (C=O) groups excluding carboxylic acids is 1. The molecule has 0 aliphatic carbocycles. The summed E-state index contributed by atoms with van der Waals surface area (Å²) in [4.78, 5) is 25.7. The van der Waals surface area contributed by atoms with E-state index in [1.54, 1.807) is 6.20 Å². The summed E-state index contributed by atoms with van der Waals surface area (Å²) < 4.78 is 0. The van der Waals surface area contributed by atoms with E-state index in [2.05, 4.69) is 73.5 Å². The van der Waals surface area contributed by atoms with Crippen molar-refractivity contribution in [3.63, 3.8) is 0 Å². The van der Waals surface area contributed by atoms with Crippen LogP contribution in [0.3, 0.4) is 0 Å². The largest absolute Gasteiger partial charge is 0.395 e. The van der Waals surface area contributed by atoms with Crippen LogP contribution in [-0.2, 0) is 6.42 Å². The fourth-order valence-corrected chi connectivity index (χ4v) is 4.54. The van der Waals surface area contributed by atoms with Crippen LogP contribution in [-0.4, -0.2) is 83.1 Å². The van der Waals surface area contributed by atoms with E-state index < -0.39 is 0 Å². The van der Waals surface area contributed by atoms with Crippen LogP contribution in [0.1, 0.15) is 39.8 Å². The van der Waals surface area contributed by atoms with Gasteiger partial charge in [-0.15, -0.1) is 5.10 Å². The van der Waals surface area contributed by atoms with Gasteiger partial charge in [-0.2, -0.15) is 5.10 Å². The lowest BCUT2D eigenvalue weighted by Gasteiger charge is -2.41. The molecule has 1 aromatic carbocycles. The Balaban J connectivity index is 1.35. The van der Waals surface area contributed by atoms with Gasteiger partial charge in [0, 0.05) is 51.7 Å². The molecule has 37 heavy (non-hydrogen) atoms. The molecule has 196 valence electrons. The summed E-state index contributed by atoms with van der Waals surface area (Å²) in [6, 6.07) is 10.5. The number of benzene rings is 1. The topological polar surface area (TPSA) is 119 Å². The van der Waals surface area contributed by atoms with E-state index in [1.165, 1.54) is 22.9 Å². The van der Waals surface area contributed by atoms with Crippen molar-refractivity contribution in [3.05, 3.63) is 70.8 Å². The molecule has 0 radical (unpaired) electrons. The maximum atomic E-state index is 12.3. The molecule has 4 rings (SSSR count). The van der Waals surface area contributed by atoms with Crippen LogP contribution in [0.4, 0.5) is 11.6 Å². The van der Waals surface area contributed by atoms with Gasteiger partial charge in [-0.1, -0.05) is 30.3 Å². The van der Waals surface area contributed by atoms with Gasteiger partial charge >= 0.3 is 0 Å². The third-order valence-electron chi connectivity index (χ3n) is 6.78. The zero-order valence-corrected chi connectivity index (χ0v) is 21.8. The highest BCUT2D eigenvalue weighted by atomic mass is 16.3. The molecule has 0 spiro atoms. The minimum Gasteiger partial charge on any atom is -0.395 e. The standard InChI is InChI=1S/C27H36N8O2/c1-19-18-34(26-21(3)20(2)23(32-33-26)15-22-7-5-4-6-8-22)12-13-35(19)25-17-30-24(16-31-25)27(37)29-10-9-28-11-14-36/h4-8,16-17,19,28,36H,9-15,18H2,1-3H3,(H,29,37)/t19-/m1/s1. The molecule has 10 heteroatoms. The van der Waals surface area contributed by atoms with E-state index >= 15 is 0 Å². The van der Waals surface area contributed by atoms with Crippen LogP contribution >= 0.6 is 0 Å². The lowest BCUT2D eigenvalue weighted by Crippen LogP contribution is -2.53. The Morgan fingerprint density at radius 1 is 1.03 bits per heavy atom. The number of hydrogen-bond donors (Lipinski definition) is 3. The van der Waals surface area contributed by atoms with Gasteiger partial charge < -0.3 is 25.5 Å². The van der Waals surface area contributed by atoms with Gasteiger partial charge in [0.15, 0.2) is 5.82 Å². The van der Waals surface area contributed by atoms with Gasteiger partial charge in [0.2, 0.25) is 0 Å². The Kier molecular flexibility index (Phi) is 8.97. The summed E-state index contributed by atoms with van der Waals surface area (Å²) in [5.74, 6) is 1.43. The number of piperazine rings is 1. The van der Waals surface area contributed by atoms with Gasteiger partial charge in [-0.05, 0) is 37.5 Å². The smallest absolute Gasteiger partial charge is 0.271 e. The molecular weight excluding hydrogens is 468 g/mol. The molecule has 3 heterocycles. The average molecular weight is 505 g/mol. The summed E-state index contributed by atoms with van der Waals surface area (Å²) in [7, 11) is 0. The Labute approximate surface area is 218 Å². The third kappa shape index (κ3) is 6.58. The molecule has 1 amide bonds. The summed E-state index contributed by atoms with van der Waals surface area (Å²) in [6.45, 7) is 10.4. The van der Waals surface area contributed by atoms with Crippen LogP contribution in [0, 0.1) is 13.8 Å². The second-order valence-electron chi connectivity index (χ2n) is 9.36. The maximum Gasteiger partial charge on any atom is 0.271 e. The van der Waals surface area contributed by atoms with Crippen molar-refractivity contribution >= 4 is 17.5 Å². The van der Waals surface area contributed by atoms with Crippen molar-refractivity contribution in [1.82, 2.24) is 30.8 Å². The van der Waals surface area contributed by atoms with Gasteiger partial charge in [0.1, 0.15) is 11.5 Å². The third-order valence-corrected chi connectivity index (χ3v) is 6.78. The minimum absolute atomic E-state index is 0.0707. The van der Waals surface area contributed by atoms with Gasteiger partial charge in [0.25, 0.3) is 5.91 Å². The number of aliphatic hydroxyl groups excluding tert-OH is 1.